The van der Waals surface area contributed by atoms with E-state index in [-0.39, 0.29) is 43.1 Å². The van der Waals surface area contributed by atoms with Gasteiger partial charge >= 0.3 is 17.9 Å². The smallest absolute Gasteiger partial charge is 0.338 e. The summed E-state index contributed by atoms with van der Waals surface area (Å²) in [6, 6.07) is 8.45. The Hall–Kier alpha value is -3.04. The monoisotopic (exact) mass is 596 g/mol. The molecule has 234 valence electrons. The molecule has 0 radical (unpaired) electrons. The van der Waals surface area contributed by atoms with Crippen LogP contribution < -0.4 is 0 Å². The van der Waals surface area contributed by atoms with Crippen molar-refractivity contribution in [2.24, 2.45) is 28.6 Å². The van der Waals surface area contributed by atoms with Crippen molar-refractivity contribution in [3.63, 3.8) is 0 Å². The van der Waals surface area contributed by atoms with Crippen LogP contribution in [-0.2, 0) is 33.3 Å². The fraction of sp³-hybridized carbons (Fsp3) is 0.647. The number of carbonyl (C=O) groups excluding carboxylic acids is 4. The minimum atomic E-state index is -1.70. The quantitative estimate of drug-likeness (QED) is 0.295. The number of benzene rings is 1. The molecule has 0 aromatic heterocycles. The molecule has 1 aromatic rings. The summed E-state index contributed by atoms with van der Waals surface area (Å²) in [5, 5.41) is 13.1. The van der Waals surface area contributed by atoms with Gasteiger partial charge in [-0.05, 0) is 38.3 Å². The second-order valence-corrected chi connectivity index (χ2v) is 13.7. The van der Waals surface area contributed by atoms with Gasteiger partial charge in [0.05, 0.1) is 23.5 Å². The number of ether oxygens (including phenoxy) is 4. The summed E-state index contributed by atoms with van der Waals surface area (Å²) in [6.45, 7) is 14.2. The van der Waals surface area contributed by atoms with E-state index in [0.29, 0.717) is 0 Å². The fourth-order valence-electron chi connectivity index (χ4n) is 8.81. The average molecular weight is 597 g/mol. The Morgan fingerprint density at radius 1 is 1.07 bits per heavy atom. The van der Waals surface area contributed by atoms with Crippen LogP contribution in [0.2, 0.25) is 0 Å². The van der Waals surface area contributed by atoms with Crippen LogP contribution in [0.4, 0.5) is 0 Å². The molecule has 9 atom stereocenters. The van der Waals surface area contributed by atoms with Gasteiger partial charge in [-0.15, -0.1) is 0 Å². The molecule has 1 heterocycles. The molecule has 2 bridgehead atoms. The molecule has 5 rings (SSSR count). The minimum absolute atomic E-state index is 0.0548. The lowest BCUT2D eigenvalue weighted by Gasteiger charge is -2.68. The average Bonchev–Trinajstić information content (AvgIpc) is 2.94. The van der Waals surface area contributed by atoms with Crippen molar-refractivity contribution in [1.82, 2.24) is 0 Å². The number of rotatable bonds is 5. The number of hydrogen-bond donors (Lipinski definition) is 1. The third-order valence-electron chi connectivity index (χ3n) is 11.1. The van der Waals surface area contributed by atoms with Crippen molar-refractivity contribution < 1.29 is 43.2 Å². The zero-order valence-electron chi connectivity index (χ0n) is 26.4. The van der Waals surface area contributed by atoms with E-state index in [1.807, 2.05) is 34.6 Å². The van der Waals surface area contributed by atoms with E-state index >= 15 is 4.79 Å². The van der Waals surface area contributed by atoms with Gasteiger partial charge < -0.3 is 24.1 Å². The molecule has 1 N–H and O–H groups in total. The van der Waals surface area contributed by atoms with Crippen molar-refractivity contribution >= 4 is 23.7 Å². The number of hydrogen-bond acceptors (Lipinski definition) is 9. The van der Waals surface area contributed by atoms with Crippen LogP contribution in [0.1, 0.15) is 85.0 Å². The maximum absolute atomic E-state index is 15.1. The van der Waals surface area contributed by atoms with E-state index < -0.39 is 70.1 Å². The number of ketones is 1. The van der Waals surface area contributed by atoms with Crippen LogP contribution in [0.25, 0.3) is 0 Å². The summed E-state index contributed by atoms with van der Waals surface area (Å²) in [4.78, 5) is 54.5. The molecule has 9 nitrogen and oxygen atoms in total. The molecule has 43 heavy (non-hydrogen) atoms. The van der Waals surface area contributed by atoms with E-state index in [9.17, 15) is 19.5 Å². The molecule has 1 aliphatic heterocycles. The number of aliphatic hydroxyl groups is 1. The molecular formula is C34H44O9. The lowest BCUT2D eigenvalue weighted by molar-refractivity contribution is -0.345. The molecule has 1 aromatic carbocycles. The first-order chi connectivity index (χ1) is 20.1. The van der Waals surface area contributed by atoms with Crippen LogP contribution in [0.3, 0.4) is 0 Å². The summed E-state index contributed by atoms with van der Waals surface area (Å²) >= 11 is 0. The Balaban J connectivity index is 1.83. The number of esters is 3. The van der Waals surface area contributed by atoms with E-state index in [0.717, 1.165) is 11.1 Å². The van der Waals surface area contributed by atoms with Gasteiger partial charge in [-0.1, -0.05) is 64.0 Å². The third-order valence-corrected chi connectivity index (χ3v) is 11.1. The van der Waals surface area contributed by atoms with E-state index in [2.05, 4.69) is 0 Å². The number of carbonyl (C=O) groups is 4. The largest absolute Gasteiger partial charge is 0.461 e. The normalized spacial score (nSPS) is 39.7. The van der Waals surface area contributed by atoms with Crippen LogP contribution in [-0.4, -0.2) is 64.9 Å². The van der Waals surface area contributed by atoms with Crippen LogP contribution in [0, 0.1) is 28.6 Å². The third kappa shape index (κ3) is 4.40. The molecule has 3 fully saturated rings. The molecule has 0 unspecified atom stereocenters. The first kappa shape index (κ1) is 31.4. The van der Waals surface area contributed by atoms with Crippen molar-refractivity contribution in [3.8, 4) is 0 Å². The zero-order chi connectivity index (χ0) is 31.7. The Morgan fingerprint density at radius 3 is 2.28 bits per heavy atom. The van der Waals surface area contributed by atoms with Crippen molar-refractivity contribution in [2.45, 2.75) is 104 Å². The number of allylic oxidation sites excluding steroid dienone is 1. The topological polar surface area (TPSA) is 125 Å². The molecule has 9 heteroatoms. The van der Waals surface area contributed by atoms with Gasteiger partial charge in [-0.2, -0.15) is 0 Å². The van der Waals surface area contributed by atoms with Crippen molar-refractivity contribution in [3.05, 3.63) is 47.0 Å². The summed E-state index contributed by atoms with van der Waals surface area (Å²) in [5.41, 5.74) is -3.58. The SMILES string of the molecule is CCC(=O)O[C@H]1C[C@H]2OC[C@@]2(OC(C)=O)[C@H]2[C@H](OC(=O)c3ccccc3)[C@]3(O)C[C@H](C)C(C)=C([C@@H](C)C(=O)[C@]12C)C3(C)C. The highest BCUT2D eigenvalue weighted by molar-refractivity contribution is 5.92. The molecule has 2 saturated carbocycles. The molecule has 3 aliphatic carbocycles. The van der Waals surface area contributed by atoms with Crippen LogP contribution >= 0.6 is 0 Å². The van der Waals surface area contributed by atoms with Crippen LogP contribution in [0.15, 0.2) is 41.5 Å². The van der Waals surface area contributed by atoms with E-state index in [1.54, 1.807) is 44.2 Å². The Kier molecular flexibility index (Phi) is 7.70. The number of Topliss-reactive ketones (excluding diaryl/α,β-unsaturated/α-hetero) is 1. The van der Waals surface area contributed by atoms with E-state index in [4.69, 9.17) is 18.9 Å². The summed E-state index contributed by atoms with van der Waals surface area (Å²) in [5.74, 6) is -3.88. The Labute approximate surface area is 253 Å². The van der Waals surface area contributed by atoms with Gasteiger partial charge in [-0.3, -0.25) is 14.4 Å². The second-order valence-electron chi connectivity index (χ2n) is 13.7. The lowest BCUT2D eigenvalue weighted by Crippen LogP contribution is -2.81. The van der Waals surface area contributed by atoms with E-state index in [1.165, 1.54) is 6.92 Å². The molecule has 4 aliphatic rings. The van der Waals surface area contributed by atoms with Gasteiger partial charge in [0.1, 0.15) is 29.7 Å². The fourth-order valence-corrected chi connectivity index (χ4v) is 8.81. The number of fused-ring (bicyclic) bond motifs is 5. The van der Waals surface area contributed by atoms with Gasteiger partial charge in [0, 0.05) is 31.1 Å². The van der Waals surface area contributed by atoms with Gasteiger partial charge in [0.15, 0.2) is 5.60 Å². The molecule has 1 saturated heterocycles. The van der Waals surface area contributed by atoms with Gasteiger partial charge in [0.25, 0.3) is 0 Å². The second kappa shape index (κ2) is 10.5. The van der Waals surface area contributed by atoms with Crippen LogP contribution in [0.5, 0.6) is 0 Å². The van der Waals surface area contributed by atoms with Gasteiger partial charge in [0.2, 0.25) is 0 Å². The minimum Gasteiger partial charge on any atom is -0.461 e. The summed E-state index contributed by atoms with van der Waals surface area (Å²) in [6.07, 6.45) is -2.62. The Morgan fingerprint density at radius 2 is 1.72 bits per heavy atom. The lowest BCUT2D eigenvalue weighted by atomic mass is 9.43. The maximum Gasteiger partial charge on any atom is 0.338 e. The summed E-state index contributed by atoms with van der Waals surface area (Å²) < 4.78 is 24.5. The van der Waals surface area contributed by atoms with Gasteiger partial charge in [-0.25, -0.2) is 4.79 Å². The molecular weight excluding hydrogens is 552 g/mol. The predicted molar refractivity (Wildman–Crippen MR) is 156 cm³/mol. The standard InChI is InChI=1S/C34H44O9/c1-9-25(36)41-23-15-24-33(17-40-24,43-21(5)35)27-29(42-30(38)22-13-11-10-12-14-22)34(39)16-18(2)19(3)26(31(34,6)7)20(4)28(37)32(23,27)8/h10-14,18,20,23-24,27,29,39H,9,15-17H2,1-8H3/t18-,20+,23-,24+,27-,29-,32+,33-,34+/m0/s1. The Bertz CT molecular complexity index is 1360. The first-order valence-electron chi connectivity index (χ1n) is 15.3. The highest BCUT2D eigenvalue weighted by atomic mass is 16.6. The predicted octanol–water partition coefficient (Wildman–Crippen LogP) is 4.59. The molecule has 0 spiro atoms. The van der Waals surface area contributed by atoms with Crippen molar-refractivity contribution in [2.75, 3.05) is 6.61 Å². The zero-order valence-corrected chi connectivity index (χ0v) is 26.4. The maximum atomic E-state index is 15.1. The highest BCUT2D eigenvalue weighted by Crippen LogP contribution is 2.65. The van der Waals surface area contributed by atoms with Crippen molar-refractivity contribution in [1.29, 1.82) is 0 Å². The molecule has 0 amide bonds. The first-order valence-corrected chi connectivity index (χ1v) is 15.3. The highest BCUT2D eigenvalue weighted by Gasteiger charge is 2.78. The summed E-state index contributed by atoms with van der Waals surface area (Å²) in [7, 11) is 0.